The van der Waals surface area contributed by atoms with Crippen molar-refractivity contribution in [3.63, 3.8) is 0 Å². The van der Waals surface area contributed by atoms with E-state index >= 15 is 0 Å². The smallest absolute Gasteiger partial charge is 0.404 e. The van der Waals surface area contributed by atoms with Crippen molar-refractivity contribution in [2.45, 2.75) is 6.36 Å². The van der Waals surface area contributed by atoms with Crippen molar-refractivity contribution in [3.05, 3.63) is 41.9 Å². The van der Waals surface area contributed by atoms with E-state index in [0.717, 1.165) is 6.07 Å². The first-order chi connectivity index (χ1) is 7.96. The fourth-order valence-corrected chi connectivity index (χ4v) is 1.43. The quantitative estimate of drug-likeness (QED) is 0.830. The third-order valence-corrected chi connectivity index (χ3v) is 2.17. The SMILES string of the molecule is FC(F)(F)Oc1ccc(-n2[c]ncc2)cc1Cl. The van der Waals surface area contributed by atoms with Gasteiger partial charge in [-0.1, -0.05) is 11.6 Å². The normalized spacial score (nSPS) is 11.5. The van der Waals surface area contributed by atoms with Crippen LogP contribution in [0.1, 0.15) is 0 Å². The fourth-order valence-electron chi connectivity index (χ4n) is 1.22. The van der Waals surface area contributed by atoms with Crippen LogP contribution < -0.4 is 4.74 Å². The maximum Gasteiger partial charge on any atom is 0.573 e. The Bertz CT molecular complexity index is 511. The molecule has 0 N–H and O–H groups in total. The molecule has 0 saturated heterocycles. The molecular weight excluding hydrogens is 257 g/mol. The van der Waals surface area contributed by atoms with Crippen LogP contribution in [-0.2, 0) is 0 Å². The first-order valence-electron chi connectivity index (χ1n) is 4.42. The van der Waals surface area contributed by atoms with Crippen LogP contribution in [0.15, 0.2) is 30.6 Å². The van der Waals surface area contributed by atoms with Gasteiger partial charge in [-0.05, 0) is 18.2 Å². The van der Waals surface area contributed by atoms with Crippen LogP contribution in [0, 0.1) is 6.33 Å². The van der Waals surface area contributed by atoms with Crippen molar-refractivity contribution in [2.75, 3.05) is 0 Å². The van der Waals surface area contributed by atoms with Crippen LogP contribution in [0.2, 0.25) is 5.02 Å². The number of hydrogen-bond acceptors (Lipinski definition) is 2. The zero-order valence-corrected chi connectivity index (χ0v) is 8.96. The van der Waals surface area contributed by atoms with Gasteiger partial charge in [-0.25, -0.2) is 4.98 Å². The number of ether oxygens (including phenoxy) is 1. The van der Waals surface area contributed by atoms with E-state index in [1.165, 1.54) is 22.9 Å². The average molecular weight is 262 g/mol. The minimum atomic E-state index is -4.76. The highest BCUT2D eigenvalue weighted by atomic mass is 35.5. The predicted octanol–water partition coefficient (Wildman–Crippen LogP) is 3.22. The lowest BCUT2D eigenvalue weighted by Gasteiger charge is -2.11. The second-order valence-electron chi connectivity index (χ2n) is 3.06. The number of nitrogens with zero attached hydrogens (tertiary/aromatic N) is 2. The Kier molecular flexibility index (Phi) is 2.97. The second kappa shape index (κ2) is 4.29. The van der Waals surface area contributed by atoms with Gasteiger partial charge >= 0.3 is 6.36 Å². The second-order valence-corrected chi connectivity index (χ2v) is 3.47. The van der Waals surface area contributed by atoms with Gasteiger partial charge in [-0.15, -0.1) is 13.2 Å². The van der Waals surface area contributed by atoms with Gasteiger partial charge < -0.3 is 4.74 Å². The molecule has 3 nitrogen and oxygen atoms in total. The molecule has 0 aliphatic rings. The number of alkyl halides is 3. The number of benzene rings is 1. The Morgan fingerprint density at radius 2 is 2.12 bits per heavy atom. The molecule has 0 spiro atoms. The third kappa shape index (κ3) is 2.91. The third-order valence-electron chi connectivity index (χ3n) is 1.88. The Morgan fingerprint density at radius 1 is 1.35 bits per heavy atom. The summed E-state index contributed by atoms with van der Waals surface area (Å²) in [6.45, 7) is 0. The molecule has 0 aliphatic carbocycles. The van der Waals surface area contributed by atoms with Gasteiger partial charge in [0.05, 0.1) is 5.02 Å². The number of rotatable bonds is 2. The molecule has 2 aromatic rings. The summed E-state index contributed by atoms with van der Waals surface area (Å²) >= 11 is 5.68. The maximum atomic E-state index is 12.0. The summed E-state index contributed by atoms with van der Waals surface area (Å²) < 4.78 is 41.2. The molecule has 1 heterocycles. The summed E-state index contributed by atoms with van der Waals surface area (Å²) in [5, 5.41) is -0.137. The van der Waals surface area contributed by atoms with Gasteiger partial charge in [0.15, 0.2) is 6.33 Å². The number of hydrogen-bond donors (Lipinski definition) is 0. The van der Waals surface area contributed by atoms with Crippen molar-refractivity contribution in [2.24, 2.45) is 0 Å². The molecule has 7 heteroatoms. The van der Waals surface area contributed by atoms with Crippen LogP contribution in [0.3, 0.4) is 0 Å². The zero-order valence-electron chi connectivity index (χ0n) is 8.20. The molecule has 0 atom stereocenters. The molecule has 0 saturated carbocycles. The first-order valence-corrected chi connectivity index (χ1v) is 4.80. The van der Waals surface area contributed by atoms with E-state index in [4.69, 9.17) is 11.6 Å². The zero-order chi connectivity index (χ0) is 12.5. The molecule has 89 valence electrons. The Morgan fingerprint density at radius 3 is 2.65 bits per heavy atom. The highest BCUT2D eigenvalue weighted by Gasteiger charge is 2.32. The molecule has 0 unspecified atom stereocenters. The summed E-state index contributed by atoms with van der Waals surface area (Å²) in [6, 6.07) is 3.89. The Balaban J connectivity index is 2.29. The van der Waals surface area contributed by atoms with Gasteiger partial charge in [0.1, 0.15) is 5.75 Å². The fraction of sp³-hybridized carbons (Fsp3) is 0.100. The lowest BCUT2D eigenvalue weighted by atomic mass is 10.3. The highest BCUT2D eigenvalue weighted by Crippen LogP contribution is 2.31. The minimum Gasteiger partial charge on any atom is -0.404 e. The lowest BCUT2D eigenvalue weighted by molar-refractivity contribution is -0.274. The van der Waals surface area contributed by atoms with E-state index in [1.807, 2.05) is 0 Å². The van der Waals surface area contributed by atoms with Crippen LogP contribution in [0.5, 0.6) is 5.75 Å². The highest BCUT2D eigenvalue weighted by molar-refractivity contribution is 6.32. The van der Waals surface area contributed by atoms with Crippen LogP contribution in [0.25, 0.3) is 5.69 Å². The van der Waals surface area contributed by atoms with Crippen LogP contribution in [-0.4, -0.2) is 15.9 Å². The van der Waals surface area contributed by atoms with Gasteiger partial charge in [-0.2, -0.15) is 0 Å². The van der Waals surface area contributed by atoms with E-state index in [2.05, 4.69) is 16.0 Å². The van der Waals surface area contributed by atoms with E-state index in [-0.39, 0.29) is 5.02 Å². The summed E-state index contributed by atoms with van der Waals surface area (Å²) in [4.78, 5) is 3.69. The summed E-state index contributed by atoms with van der Waals surface area (Å²) in [5.41, 5.74) is 0.544. The van der Waals surface area contributed by atoms with Gasteiger partial charge in [0.2, 0.25) is 0 Å². The van der Waals surface area contributed by atoms with E-state index in [9.17, 15) is 13.2 Å². The Labute approximate surface area is 99.4 Å². The monoisotopic (exact) mass is 261 g/mol. The molecule has 2 rings (SSSR count). The molecular formula is C10H5ClF3N2O. The molecule has 0 bridgehead atoms. The average Bonchev–Trinajstić information content (AvgIpc) is 2.72. The first kappa shape index (κ1) is 11.8. The van der Waals surface area contributed by atoms with E-state index in [0.29, 0.717) is 5.69 Å². The molecule has 17 heavy (non-hydrogen) atoms. The van der Waals surface area contributed by atoms with Crippen molar-refractivity contribution in [3.8, 4) is 11.4 Å². The maximum absolute atomic E-state index is 12.0. The molecule has 1 aromatic heterocycles. The summed E-state index contributed by atoms with van der Waals surface area (Å²) in [6.07, 6.45) is 0.923. The number of halogens is 4. The summed E-state index contributed by atoms with van der Waals surface area (Å²) in [7, 11) is 0. The lowest BCUT2D eigenvalue weighted by Crippen LogP contribution is -2.17. The van der Waals surface area contributed by atoms with Crippen molar-refractivity contribution < 1.29 is 17.9 Å². The topological polar surface area (TPSA) is 27.1 Å². The molecule has 0 amide bonds. The molecule has 1 radical (unpaired) electrons. The van der Waals surface area contributed by atoms with Gasteiger partial charge in [0, 0.05) is 18.1 Å². The number of aromatic nitrogens is 2. The molecule has 0 aliphatic heterocycles. The number of imidazole rings is 1. The van der Waals surface area contributed by atoms with Crippen LogP contribution in [0.4, 0.5) is 13.2 Å². The molecule has 0 fully saturated rings. The largest absolute Gasteiger partial charge is 0.573 e. The van der Waals surface area contributed by atoms with Crippen molar-refractivity contribution in [1.82, 2.24) is 9.55 Å². The molecule has 1 aromatic carbocycles. The van der Waals surface area contributed by atoms with Crippen LogP contribution >= 0.6 is 11.6 Å². The van der Waals surface area contributed by atoms with E-state index < -0.39 is 12.1 Å². The van der Waals surface area contributed by atoms with Gasteiger partial charge in [0.25, 0.3) is 0 Å². The minimum absolute atomic E-state index is 0.137. The summed E-state index contributed by atoms with van der Waals surface area (Å²) in [5.74, 6) is -0.442. The standard InChI is InChI=1S/C10H5ClF3N2O/c11-8-5-7(16-4-3-15-6-16)1-2-9(8)17-10(12,13)14/h1-5H. The van der Waals surface area contributed by atoms with Crippen molar-refractivity contribution in [1.29, 1.82) is 0 Å². The Hall–Kier alpha value is -1.69. The van der Waals surface area contributed by atoms with Gasteiger partial charge in [-0.3, -0.25) is 4.57 Å². The van der Waals surface area contributed by atoms with E-state index in [1.54, 1.807) is 6.20 Å². The van der Waals surface area contributed by atoms with Crippen molar-refractivity contribution >= 4 is 11.6 Å². The predicted molar refractivity (Wildman–Crippen MR) is 54.1 cm³/mol.